The maximum absolute atomic E-state index is 14.8. The molecule has 0 spiro atoms. The van der Waals surface area contributed by atoms with Crippen LogP contribution >= 0.6 is 0 Å². The van der Waals surface area contributed by atoms with Crippen molar-refractivity contribution in [1.82, 2.24) is 19.9 Å². The zero-order chi connectivity index (χ0) is 21.2. The number of pyridine rings is 1. The number of anilines is 2. The van der Waals surface area contributed by atoms with Crippen molar-refractivity contribution in [3.8, 4) is 11.1 Å². The molecule has 3 aromatic rings. The van der Waals surface area contributed by atoms with Gasteiger partial charge in [0.05, 0.1) is 24.4 Å². The number of ether oxygens (including phenoxy) is 1. The second-order valence-electron chi connectivity index (χ2n) is 8.38. The molecule has 1 saturated carbocycles. The van der Waals surface area contributed by atoms with Crippen molar-refractivity contribution in [3.63, 3.8) is 0 Å². The van der Waals surface area contributed by atoms with Crippen molar-refractivity contribution in [1.29, 1.82) is 0 Å². The Hall–Kier alpha value is -2.84. The lowest BCUT2D eigenvalue weighted by Crippen LogP contribution is -2.46. The van der Waals surface area contributed by atoms with E-state index in [2.05, 4.69) is 25.2 Å². The molecule has 0 bridgehead atoms. The highest BCUT2D eigenvalue weighted by molar-refractivity contribution is 5.93. The zero-order valence-corrected chi connectivity index (χ0v) is 17.4. The minimum atomic E-state index is -0.351. The van der Waals surface area contributed by atoms with Crippen LogP contribution in [-0.4, -0.2) is 58.2 Å². The summed E-state index contributed by atoms with van der Waals surface area (Å²) < 4.78 is 20.3. The number of hydrogen-bond acceptors (Lipinski definition) is 7. The second-order valence-corrected chi connectivity index (χ2v) is 8.38. The number of nitrogen functional groups attached to an aromatic ring is 1. The fourth-order valence-corrected chi connectivity index (χ4v) is 4.74. The smallest absolute Gasteiger partial charge is 0.137 e. The van der Waals surface area contributed by atoms with Crippen LogP contribution in [0.4, 0.5) is 15.9 Å². The van der Waals surface area contributed by atoms with E-state index in [9.17, 15) is 4.39 Å². The number of nitrogens with one attached hydrogen (secondary N) is 1. The van der Waals surface area contributed by atoms with E-state index in [0.29, 0.717) is 34.4 Å². The molecule has 31 heavy (non-hydrogen) atoms. The molecule has 2 aliphatic rings. The summed E-state index contributed by atoms with van der Waals surface area (Å²) in [5.41, 5.74) is 8.01. The van der Waals surface area contributed by atoms with Crippen LogP contribution in [0.15, 0.2) is 36.9 Å². The first-order valence-corrected chi connectivity index (χ1v) is 10.9. The summed E-state index contributed by atoms with van der Waals surface area (Å²) in [5.74, 6) is 0.397. The van der Waals surface area contributed by atoms with Gasteiger partial charge in [0.25, 0.3) is 0 Å². The molecule has 5 rings (SSSR count). The van der Waals surface area contributed by atoms with E-state index in [4.69, 9.17) is 10.5 Å². The van der Waals surface area contributed by atoms with Crippen LogP contribution in [0.1, 0.15) is 25.7 Å². The Kier molecular flexibility index (Phi) is 5.65. The van der Waals surface area contributed by atoms with E-state index in [-0.39, 0.29) is 5.82 Å². The number of halogens is 1. The van der Waals surface area contributed by atoms with Gasteiger partial charge < -0.3 is 15.8 Å². The Balaban J connectivity index is 1.36. The number of aromatic nitrogens is 3. The highest BCUT2D eigenvalue weighted by Crippen LogP contribution is 2.32. The van der Waals surface area contributed by atoms with Gasteiger partial charge in [-0.05, 0) is 37.8 Å². The number of hydrogen-bond donors (Lipinski definition) is 2. The van der Waals surface area contributed by atoms with Gasteiger partial charge >= 0.3 is 0 Å². The molecule has 1 aliphatic carbocycles. The van der Waals surface area contributed by atoms with Crippen molar-refractivity contribution in [2.75, 3.05) is 37.4 Å². The average Bonchev–Trinajstić information content (AvgIpc) is 2.80. The predicted molar refractivity (Wildman–Crippen MR) is 119 cm³/mol. The fourth-order valence-electron chi connectivity index (χ4n) is 4.74. The molecule has 3 heterocycles. The van der Waals surface area contributed by atoms with Crippen LogP contribution in [0.5, 0.6) is 0 Å². The third-order valence-corrected chi connectivity index (χ3v) is 6.39. The first kappa shape index (κ1) is 20.1. The van der Waals surface area contributed by atoms with E-state index in [1.807, 2.05) is 0 Å². The molecule has 0 unspecified atom stereocenters. The third kappa shape index (κ3) is 4.31. The molecule has 1 aliphatic heterocycles. The maximum atomic E-state index is 14.8. The van der Waals surface area contributed by atoms with Gasteiger partial charge in [-0.3, -0.25) is 9.88 Å². The van der Waals surface area contributed by atoms with Gasteiger partial charge in [-0.25, -0.2) is 14.4 Å². The Labute approximate surface area is 180 Å². The minimum absolute atomic E-state index is 0.345. The lowest BCUT2D eigenvalue weighted by molar-refractivity contribution is 0.00791. The van der Waals surface area contributed by atoms with Gasteiger partial charge in [0.15, 0.2) is 0 Å². The molecule has 8 heteroatoms. The number of nitrogens with zero attached hydrogens (tertiary/aromatic N) is 4. The topological polar surface area (TPSA) is 89.2 Å². The Morgan fingerprint density at radius 1 is 1.03 bits per heavy atom. The van der Waals surface area contributed by atoms with Crippen LogP contribution in [0.3, 0.4) is 0 Å². The van der Waals surface area contributed by atoms with Crippen LogP contribution in [0, 0.1) is 5.82 Å². The van der Waals surface area contributed by atoms with Gasteiger partial charge in [0, 0.05) is 60.1 Å². The zero-order valence-electron chi connectivity index (χ0n) is 17.4. The van der Waals surface area contributed by atoms with Gasteiger partial charge in [0.2, 0.25) is 0 Å². The number of nitrogens with two attached hydrogens (primary N) is 1. The van der Waals surface area contributed by atoms with Crippen LogP contribution in [0.2, 0.25) is 0 Å². The molecule has 0 atom stereocenters. The molecule has 2 aromatic heterocycles. The molecule has 0 amide bonds. The quantitative estimate of drug-likeness (QED) is 0.665. The van der Waals surface area contributed by atoms with Crippen molar-refractivity contribution in [2.24, 2.45) is 0 Å². The van der Waals surface area contributed by atoms with Gasteiger partial charge in [-0.15, -0.1) is 0 Å². The van der Waals surface area contributed by atoms with Crippen LogP contribution in [-0.2, 0) is 4.74 Å². The number of fused-ring (bicyclic) bond motifs is 1. The predicted octanol–water partition coefficient (Wildman–Crippen LogP) is 3.47. The maximum Gasteiger partial charge on any atom is 0.137 e. The summed E-state index contributed by atoms with van der Waals surface area (Å²) >= 11 is 0. The van der Waals surface area contributed by atoms with E-state index in [1.165, 1.54) is 12.4 Å². The number of rotatable bonds is 4. The Bertz CT molecular complexity index is 1060. The van der Waals surface area contributed by atoms with E-state index in [1.54, 1.807) is 24.5 Å². The molecule has 2 fully saturated rings. The summed E-state index contributed by atoms with van der Waals surface area (Å²) in [5, 5.41) is 4.40. The van der Waals surface area contributed by atoms with Gasteiger partial charge in [-0.2, -0.15) is 0 Å². The molecule has 7 nitrogen and oxygen atoms in total. The summed E-state index contributed by atoms with van der Waals surface area (Å²) in [7, 11) is 0. The van der Waals surface area contributed by atoms with Crippen molar-refractivity contribution >= 4 is 22.4 Å². The first-order valence-electron chi connectivity index (χ1n) is 10.9. The van der Waals surface area contributed by atoms with E-state index in [0.717, 1.165) is 63.2 Å². The monoisotopic (exact) mass is 422 g/mol. The first-order chi connectivity index (χ1) is 15.2. The third-order valence-electron chi connectivity index (χ3n) is 6.39. The molecule has 0 radical (unpaired) electrons. The van der Waals surface area contributed by atoms with Crippen LogP contribution < -0.4 is 11.1 Å². The molecular weight excluding hydrogens is 395 g/mol. The molecule has 162 valence electrons. The fraction of sp³-hybridized carbons (Fsp3) is 0.435. The lowest BCUT2D eigenvalue weighted by atomic mass is 9.90. The summed E-state index contributed by atoms with van der Waals surface area (Å²) in [6, 6.07) is 5.96. The van der Waals surface area contributed by atoms with Crippen molar-refractivity contribution in [3.05, 3.63) is 42.7 Å². The van der Waals surface area contributed by atoms with Gasteiger partial charge in [-0.1, -0.05) is 0 Å². The van der Waals surface area contributed by atoms with Crippen LogP contribution in [0.25, 0.3) is 22.0 Å². The summed E-state index contributed by atoms with van der Waals surface area (Å²) in [4.78, 5) is 15.4. The van der Waals surface area contributed by atoms with E-state index >= 15 is 0 Å². The van der Waals surface area contributed by atoms with Crippen molar-refractivity contribution in [2.45, 2.75) is 37.8 Å². The normalized spacial score (nSPS) is 22.5. The number of morpholine rings is 1. The minimum Gasteiger partial charge on any atom is -0.397 e. The van der Waals surface area contributed by atoms with Gasteiger partial charge in [0.1, 0.15) is 18.0 Å². The molecule has 1 aromatic carbocycles. The Morgan fingerprint density at radius 3 is 2.61 bits per heavy atom. The highest BCUT2D eigenvalue weighted by Gasteiger charge is 2.27. The molecule has 3 N–H and O–H groups in total. The van der Waals surface area contributed by atoms with E-state index < -0.39 is 0 Å². The standard InChI is InChI=1S/C23H27FN6O/c24-21-11-22-20(10-19(21)15-9-16(25)13-26-12-15)23(28-14-27-22)29-17-1-3-18(4-2-17)30-5-7-31-8-6-30/h9-14,17-18H,1-8,25H2,(H,27,28,29)/t17-,18-. The lowest BCUT2D eigenvalue weighted by Gasteiger charge is -2.39. The summed E-state index contributed by atoms with van der Waals surface area (Å²) in [6.07, 6.45) is 9.15. The average molecular weight is 423 g/mol. The largest absolute Gasteiger partial charge is 0.397 e. The summed E-state index contributed by atoms with van der Waals surface area (Å²) in [6.45, 7) is 3.75. The Morgan fingerprint density at radius 2 is 1.84 bits per heavy atom. The number of benzene rings is 1. The van der Waals surface area contributed by atoms with Crippen molar-refractivity contribution < 1.29 is 9.13 Å². The highest BCUT2D eigenvalue weighted by atomic mass is 19.1. The SMILES string of the molecule is Nc1cncc(-c2cc3c(N[C@H]4CC[C@H](N5CCOCC5)CC4)ncnc3cc2F)c1. The molecule has 1 saturated heterocycles. The molecular formula is C23H27FN6O. The second kappa shape index (κ2) is 8.72.